The zero-order valence-electron chi connectivity index (χ0n) is 10.4. The molecule has 0 bridgehead atoms. The number of nitrogens with zero attached hydrogens (tertiary/aromatic N) is 1. The van der Waals surface area contributed by atoms with Gasteiger partial charge in [-0.15, -0.1) is 0 Å². The van der Waals surface area contributed by atoms with Crippen molar-refractivity contribution in [2.24, 2.45) is 0 Å². The second kappa shape index (κ2) is 4.53. The molecule has 0 atom stereocenters. The van der Waals surface area contributed by atoms with Crippen LogP contribution in [0.5, 0.6) is 11.5 Å². The molecule has 4 nitrogen and oxygen atoms in total. The van der Waals surface area contributed by atoms with Crippen molar-refractivity contribution in [1.82, 2.24) is 4.48 Å². The molecular formula is C12H18NO3+. The summed E-state index contributed by atoms with van der Waals surface area (Å²) in [7, 11) is 9.12. The smallest absolute Gasteiger partial charge is 0.166 e. The Bertz CT molecular complexity index is 394. The molecule has 0 unspecified atom stereocenters. The van der Waals surface area contributed by atoms with Gasteiger partial charge >= 0.3 is 0 Å². The van der Waals surface area contributed by atoms with Crippen molar-refractivity contribution in [1.29, 1.82) is 0 Å². The standard InChI is InChI=1S/C12H18NO3/c1-13(2,3)10-7-12(16-5)11(15-4)6-9(10)8-14/h6-8H,1-5H3/q+1. The third-order valence-electron chi connectivity index (χ3n) is 2.38. The van der Waals surface area contributed by atoms with Crippen LogP contribution in [0.3, 0.4) is 0 Å². The minimum absolute atomic E-state index is 0.550. The Morgan fingerprint density at radius 3 is 1.94 bits per heavy atom. The van der Waals surface area contributed by atoms with Gasteiger partial charge in [0.2, 0.25) is 0 Å². The molecule has 4 heteroatoms. The largest absolute Gasteiger partial charge is 0.493 e. The maximum absolute atomic E-state index is 11.0. The van der Waals surface area contributed by atoms with Gasteiger partial charge in [-0.25, -0.2) is 0 Å². The first-order chi connectivity index (χ1) is 7.43. The van der Waals surface area contributed by atoms with Gasteiger partial charge in [-0.2, -0.15) is 0 Å². The van der Waals surface area contributed by atoms with Gasteiger partial charge in [0, 0.05) is 12.1 Å². The summed E-state index contributed by atoms with van der Waals surface area (Å²) in [6, 6.07) is 3.53. The van der Waals surface area contributed by atoms with Crippen LogP contribution in [0.15, 0.2) is 12.1 Å². The number of rotatable bonds is 4. The van der Waals surface area contributed by atoms with Crippen molar-refractivity contribution in [3.05, 3.63) is 17.7 Å². The minimum atomic E-state index is 0.550. The molecule has 0 spiro atoms. The van der Waals surface area contributed by atoms with E-state index >= 15 is 0 Å². The number of carbonyl (C=O) groups excluding carboxylic acids is 1. The summed E-state index contributed by atoms with van der Waals surface area (Å²) in [5, 5.41) is 0. The number of hydrogen-bond acceptors (Lipinski definition) is 3. The van der Waals surface area contributed by atoms with E-state index in [1.54, 1.807) is 20.3 Å². The number of quaternary nitrogens is 1. The summed E-state index contributed by atoms with van der Waals surface area (Å²) in [5.74, 6) is 1.21. The molecule has 0 radical (unpaired) electrons. The van der Waals surface area contributed by atoms with Crippen LogP contribution < -0.4 is 14.0 Å². The predicted octanol–water partition coefficient (Wildman–Crippen LogP) is 1.71. The lowest BCUT2D eigenvalue weighted by molar-refractivity contribution is 0.112. The summed E-state index contributed by atoms with van der Waals surface area (Å²) < 4.78 is 10.9. The van der Waals surface area contributed by atoms with E-state index in [2.05, 4.69) is 0 Å². The van der Waals surface area contributed by atoms with Crippen LogP contribution in [0.1, 0.15) is 10.4 Å². The SMILES string of the molecule is COc1cc(C=O)c([N+](C)(C)C)cc1OC. The third-order valence-corrected chi connectivity index (χ3v) is 2.38. The first-order valence-electron chi connectivity index (χ1n) is 4.97. The van der Waals surface area contributed by atoms with Gasteiger partial charge in [0.1, 0.15) is 5.69 Å². The molecule has 0 aliphatic rings. The fraction of sp³-hybridized carbons (Fsp3) is 0.417. The van der Waals surface area contributed by atoms with Crippen molar-refractivity contribution in [2.45, 2.75) is 0 Å². The Morgan fingerprint density at radius 2 is 1.56 bits per heavy atom. The maximum Gasteiger partial charge on any atom is 0.166 e. The van der Waals surface area contributed by atoms with E-state index in [-0.39, 0.29) is 0 Å². The number of hydrogen-bond donors (Lipinski definition) is 0. The molecule has 0 saturated carbocycles. The lowest BCUT2D eigenvalue weighted by Gasteiger charge is -2.25. The summed E-state index contributed by atoms with van der Waals surface area (Å²) in [6.45, 7) is 0. The van der Waals surface area contributed by atoms with E-state index < -0.39 is 0 Å². The van der Waals surface area contributed by atoms with Gasteiger partial charge in [0.25, 0.3) is 0 Å². The molecule has 0 fully saturated rings. The predicted molar refractivity (Wildman–Crippen MR) is 64.5 cm³/mol. The third kappa shape index (κ3) is 2.33. The van der Waals surface area contributed by atoms with Crippen molar-refractivity contribution in [3.8, 4) is 11.5 Å². The normalized spacial score (nSPS) is 11.1. The minimum Gasteiger partial charge on any atom is -0.493 e. The average molecular weight is 224 g/mol. The van der Waals surface area contributed by atoms with E-state index in [1.165, 1.54) is 0 Å². The fourth-order valence-corrected chi connectivity index (χ4v) is 1.56. The number of ether oxygens (including phenoxy) is 2. The summed E-state index contributed by atoms with van der Waals surface area (Å²) >= 11 is 0. The molecule has 0 amide bonds. The second-order valence-corrected chi connectivity index (χ2v) is 4.40. The van der Waals surface area contributed by atoms with Crippen LogP contribution in [-0.4, -0.2) is 41.6 Å². The average Bonchev–Trinajstić information content (AvgIpc) is 2.25. The molecule has 0 saturated heterocycles. The summed E-state index contributed by atoms with van der Waals surface area (Å²) in [5.41, 5.74) is 1.51. The molecule has 0 aliphatic heterocycles. The van der Waals surface area contributed by atoms with Gasteiger partial charge in [0.05, 0.1) is 40.9 Å². The highest BCUT2D eigenvalue weighted by Gasteiger charge is 2.21. The van der Waals surface area contributed by atoms with Crippen LogP contribution >= 0.6 is 0 Å². The highest BCUT2D eigenvalue weighted by molar-refractivity contribution is 5.85. The summed E-state index contributed by atoms with van der Waals surface area (Å²) in [6.07, 6.45) is 0.834. The summed E-state index contributed by atoms with van der Waals surface area (Å²) in [4.78, 5) is 11.0. The molecule has 1 aromatic carbocycles. The second-order valence-electron chi connectivity index (χ2n) is 4.40. The Hall–Kier alpha value is -1.55. The van der Waals surface area contributed by atoms with E-state index in [9.17, 15) is 4.79 Å². The van der Waals surface area contributed by atoms with Gasteiger partial charge in [-0.3, -0.25) is 9.28 Å². The van der Waals surface area contributed by atoms with Crippen molar-refractivity contribution in [3.63, 3.8) is 0 Å². The Labute approximate surface area is 96.0 Å². The lowest BCUT2D eigenvalue weighted by atomic mass is 10.1. The molecule has 0 heterocycles. The van der Waals surface area contributed by atoms with Crippen LogP contribution in [0, 0.1) is 0 Å². The van der Waals surface area contributed by atoms with E-state index in [4.69, 9.17) is 9.47 Å². The Kier molecular flexibility index (Phi) is 3.55. The molecule has 88 valence electrons. The van der Waals surface area contributed by atoms with Crippen molar-refractivity contribution < 1.29 is 14.3 Å². The molecule has 0 aromatic heterocycles. The van der Waals surface area contributed by atoms with Gasteiger partial charge in [-0.1, -0.05) is 0 Å². The zero-order chi connectivity index (χ0) is 12.3. The van der Waals surface area contributed by atoms with Gasteiger partial charge < -0.3 is 9.47 Å². The highest BCUT2D eigenvalue weighted by atomic mass is 16.5. The fourth-order valence-electron chi connectivity index (χ4n) is 1.56. The quantitative estimate of drug-likeness (QED) is 0.577. The maximum atomic E-state index is 11.0. The van der Waals surface area contributed by atoms with Crippen LogP contribution in [0.25, 0.3) is 0 Å². The van der Waals surface area contributed by atoms with Gasteiger partial charge in [0.15, 0.2) is 17.8 Å². The molecule has 16 heavy (non-hydrogen) atoms. The van der Waals surface area contributed by atoms with E-state index in [0.29, 0.717) is 21.5 Å². The number of aldehydes is 1. The number of benzene rings is 1. The first-order valence-corrected chi connectivity index (χ1v) is 4.97. The lowest BCUT2D eigenvalue weighted by Crippen LogP contribution is -2.35. The number of methoxy groups -OCH3 is 2. The molecule has 0 aliphatic carbocycles. The topological polar surface area (TPSA) is 35.5 Å². The Morgan fingerprint density at radius 1 is 1.06 bits per heavy atom. The van der Waals surface area contributed by atoms with Crippen LogP contribution in [0.2, 0.25) is 0 Å². The monoisotopic (exact) mass is 224 g/mol. The van der Waals surface area contributed by atoms with Crippen LogP contribution in [0.4, 0.5) is 5.69 Å². The first kappa shape index (κ1) is 12.5. The highest BCUT2D eigenvalue weighted by Crippen LogP contribution is 2.35. The van der Waals surface area contributed by atoms with E-state index in [0.717, 1.165) is 12.0 Å². The van der Waals surface area contributed by atoms with Gasteiger partial charge in [-0.05, 0) is 0 Å². The molecule has 1 rings (SSSR count). The van der Waals surface area contributed by atoms with Crippen molar-refractivity contribution in [2.75, 3.05) is 35.4 Å². The molecule has 0 N–H and O–H groups in total. The zero-order valence-corrected chi connectivity index (χ0v) is 10.4. The molecule has 1 aromatic rings. The number of carbonyl (C=O) groups is 1. The Balaban J connectivity index is 3.43. The van der Waals surface area contributed by atoms with Crippen LogP contribution in [-0.2, 0) is 0 Å². The molecular weight excluding hydrogens is 206 g/mol. The van der Waals surface area contributed by atoms with Crippen molar-refractivity contribution >= 4 is 12.0 Å². The van der Waals surface area contributed by atoms with E-state index in [1.807, 2.05) is 27.2 Å².